The fourth-order valence-electron chi connectivity index (χ4n) is 1.56. The van der Waals surface area contributed by atoms with Crippen LogP contribution in [-0.2, 0) is 4.79 Å². The maximum absolute atomic E-state index is 11.0. The van der Waals surface area contributed by atoms with Crippen molar-refractivity contribution in [3.05, 3.63) is 23.8 Å². The number of hydrogen-bond donors (Lipinski definition) is 1. The van der Waals surface area contributed by atoms with E-state index in [1.807, 2.05) is 6.92 Å². The molecule has 1 aliphatic carbocycles. The Kier molecular flexibility index (Phi) is 2.19. The van der Waals surface area contributed by atoms with Crippen molar-refractivity contribution in [2.45, 2.75) is 25.7 Å². The molecule has 4 heteroatoms. The monoisotopic (exact) mass is 192 g/mol. The van der Waals surface area contributed by atoms with Gasteiger partial charge in [0.05, 0.1) is 11.4 Å². The lowest BCUT2D eigenvalue weighted by Gasteiger charge is -2.09. The van der Waals surface area contributed by atoms with E-state index in [4.69, 9.17) is 5.11 Å². The van der Waals surface area contributed by atoms with E-state index in [1.54, 1.807) is 12.4 Å². The van der Waals surface area contributed by atoms with Crippen LogP contribution >= 0.6 is 0 Å². The molecule has 1 atom stereocenters. The molecular formula is C10H12N2O2. The van der Waals surface area contributed by atoms with Crippen molar-refractivity contribution in [2.24, 2.45) is 5.92 Å². The number of hydrogen-bond acceptors (Lipinski definition) is 3. The van der Waals surface area contributed by atoms with Crippen molar-refractivity contribution >= 4 is 5.97 Å². The normalized spacial score (nSPS) is 17.8. The fraction of sp³-hybridized carbons (Fsp3) is 0.500. The van der Waals surface area contributed by atoms with Gasteiger partial charge in [-0.3, -0.25) is 14.8 Å². The molecule has 0 radical (unpaired) electrons. The zero-order chi connectivity index (χ0) is 10.1. The Labute approximate surface area is 82.0 Å². The van der Waals surface area contributed by atoms with Crippen LogP contribution in [0.4, 0.5) is 0 Å². The highest BCUT2D eigenvalue weighted by molar-refractivity contribution is 5.76. The van der Waals surface area contributed by atoms with Crippen molar-refractivity contribution in [1.29, 1.82) is 0 Å². The first-order valence-electron chi connectivity index (χ1n) is 4.70. The minimum absolute atomic E-state index is 0.268. The average Bonchev–Trinajstić information content (AvgIpc) is 2.92. The second kappa shape index (κ2) is 3.36. The molecule has 0 spiro atoms. The summed E-state index contributed by atoms with van der Waals surface area (Å²) in [5.41, 5.74) is 1.40. The molecule has 4 nitrogen and oxygen atoms in total. The summed E-state index contributed by atoms with van der Waals surface area (Å²) in [5.74, 6) is -0.974. The van der Waals surface area contributed by atoms with Gasteiger partial charge in [0, 0.05) is 12.4 Å². The van der Waals surface area contributed by atoms with Gasteiger partial charge in [0.15, 0.2) is 0 Å². The maximum atomic E-state index is 11.0. The number of carboxylic acids is 1. The topological polar surface area (TPSA) is 63.1 Å². The maximum Gasteiger partial charge on any atom is 0.312 e. The Morgan fingerprint density at radius 1 is 1.50 bits per heavy atom. The Hall–Kier alpha value is -1.45. The highest BCUT2D eigenvalue weighted by Gasteiger charge is 2.38. The zero-order valence-electron chi connectivity index (χ0n) is 7.97. The quantitative estimate of drug-likeness (QED) is 0.785. The van der Waals surface area contributed by atoms with Crippen molar-refractivity contribution in [2.75, 3.05) is 0 Å². The van der Waals surface area contributed by atoms with Gasteiger partial charge in [0.2, 0.25) is 0 Å². The summed E-state index contributed by atoms with van der Waals surface area (Å²) in [6.07, 6.45) is 5.18. The van der Waals surface area contributed by atoms with Crippen LogP contribution < -0.4 is 0 Å². The van der Waals surface area contributed by atoms with Crippen LogP contribution in [0.5, 0.6) is 0 Å². The molecule has 1 unspecified atom stereocenters. The largest absolute Gasteiger partial charge is 0.481 e. The van der Waals surface area contributed by atoms with Crippen molar-refractivity contribution in [3.63, 3.8) is 0 Å². The van der Waals surface area contributed by atoms with E-state index < -0.39 is 11.9 Å². The molecule has 74 valence electrons. The number of aryl methyl sites for hydroxylation is 1. The number of carbonyl (C=O) groups is 1. The number of aliphatic carboxylic acids is 1. The molecule has 0 aliphatic heterocycles. The van der Waals surface area contributed by atoms with Crippen LogP contribution in [0.2, 0.25) is 0 Å². The van der Waals surface area contributed by atoms with Crippen LogP contribution in [0.15, 0.2) is 12.4 Å². The molecule has 1 N–H and O–H groups in total. The first-order valence-corrected chi connectivity index (χ1v) is 4.70. The number of aromatic nitrogens is 2. The van der Waals surface area contributed by atoms with Gasteiger partial charge >= 0.3 is 5.97 Å². The molecule has 1 aliphatic rings. The summed E-state index contributed by atoms with van der Waals surface area (Å²) in [5, 5.41) is 9.04. The molecule has 1 fully saturated rings. The summed E-state index contributed by atoms with van der Waals surface area (Å²) >= 11 is 0. The van der Waals surface area contributed by atoms with Crippen LogP contribution in [0.3, 0.4) is 0 Å². The van der Waals surface area contributed by atoms with E-state index in [2.05, 4.69) is 9.97 Å². The fourth-order valence-corrected chi connectivity index (χ4v) is 1.56. The Bertz CT molecular complexity index is 344. The molecule has 0 bridgehead atoms. The Morgan fingerprint density at radius 2 is 2.21 bits per heavy atom. The summed E-state index contributed by atoms with van der Waals surface area (Å²) < 4.78 is 0. The first kappa shape index (κ1) is 9.12. The van der Waals surface area contributed by atoms with E-state index in [-0.39, 0.29) is 5.92 Å². The van der Waals surface area contributed by atoms with Gasteiger partial charge in [-0.05, 0) is 25.7 Å². The van der Waals surface area contributed by atoms with Crippen LogP contribution in [0.1, 0.15) is 30.1 Å². The Morgan fingerprint density at radius 3 is 2.64 bits per heavy atom. The molecule has 1 heterocycles. The molecule has 0 aromatic carbocycles. The summed E-state index contributed by atoms with van der Waals surface area (Å²) in [6.45, 7) is 1.84. The second-order valence-electron chi connectivity index (χ2n) is 3.74. The van der Waals surface area contributed by atoms with Crippen LogP contribution in [-0.4, -0.2) is 21.0 Å². The van der Waals surface area contributed by atoms with Gasteiger partial charge in [-0.2, -0.15) is 0 Å². The van der Waals surface area contributed by atoms with Gasteiger partial charge in [0.25, 0.3) is 0 Å². The van der Waals surface area contributed by atoms with Crippen LogP contribution in [0, 0.1) is 12.8 Å². The standard InChI is InChI=1S/C10H12N2O2/c1-6-4-12-8(5-11-6)9(10(13)14)7-2-3-7/h4-5,7,9H,2-3H2,1H3,(H,13,14). The molecule has 2 rings (SSSR count). The molecule has 0 saturated heterocycles. The third kappa shape index (κ3) is 1.73. The molecule has 1 aromatic rings. The zero-order valence-corrected chi connectivity index (χ0v) is 7.97. The third-order valence-corrected chi connectivity index (χ3v) is 2.48. The third-order valence-electron chi connectivity index (χ3n) is 2.48. The smallest absolute Gasteiger partial charge is 0.312 e. The van der Waals surface area contributed by atoms with Gasteiger partial charge in [-0.1, -0.05) is 0 Å². The lowest BCUT2D eigenvalue weighted by Crippen LogP contribution is -2.15. The van der Waals surface area contributed by atoms with Gasteiger partial charge < -0.3 is 5.11 Å². The van der Waals surface area contributed by atoms with E-state index in [0.717, 1.165) is 18.5 Å². The molecular weight excluding hydrogens is 180 g/mol. The summed E-state index contributed by atoms with van der Waals surface area (Å²) in [7, 11) is 0. The van der Waals surface area contributed by atoms with E-state index in [9.17, 15) is 4.79 Å². The molecule has 1 saturated carbocycles. The number of carboxylic acid groups (broad SMARTS) is 1. The minimum atomic E-state index is -0.786. The van der Waals surface area contributed by atoms with E-state index in [0.29, 0.717) is 5.69 Å². The predicted octanol–water partition coefficient (Wildman–Crippen LogP) is 1.36. The van der Waals surface area contributed by atoms with Gasteiger partial charge in [0.1, 0.15) is 5.92 Å². The highest BCUT2D eigenvalue weighted by atomic mass is 16.4. The molecule has 14 heavy (non-hydrogen) atoms. The highest BCUT2D eigenvalue weighted by Crippen LogP contribution is 2.41. The van der Waals surface area contributed by atoms with Crippen molar-refractivity contribution in [3.8, 4) is 0 Å². The lowest BCUT2D eigenvalue weighted by atomic mass is 10.0. The van der Waals surface area contributed by atoms with Crippen LogP contribution in [0.25, 0.3) is 0 Å². The van der Waals surface area contributed by atoms with Crippen molar-refractivity contribution < 1.29 is 9.90 Å². The Balaban J connectivity index is 2.26. The number of nitrogens with zero attached hydrogens (tertiary/aromatic N) is 2. The SMILES string of the molecule is Cc1cnc(C(C(=O)O)C2CC2)cn1. The van der Waals surface area contributed by atoms with E-state index in [1.165, 1.54) is 0 Å². The van der Waals surface area contributed by atoms with Crippen molar-refractivity contribution in [1.82, 2.24) is 9.97 Å². The van der Waals surface area contributed by atoms with Gasteiger partial charge in [-0.25, -0.2) is 0 Å². The summed E-state index contributed by atoms with van der Waals surface area (Å²) in [4.78, 5) is 19.2. The lowest BCUT2D eigenvalue weighted by molar-refractivity contribution is -0.139. The number of rotatable bonds is 3. The molecule has 0 amide bonds. The van der Waals surface area contributed by atoms with E-state index >= 15 is 0 Å². The second-order valence-corrected chi connectivity index (χ2v) is 3.74. The van der Waals surface area contributed by atoms with Gasteiger partial charge in [-0.15, -0.1) is 0 Å². The molecule has 1 aromatic heterocycles. The average molecular weight is 192 g/mol. The summed E-state index contributed by atoms with van der Waals surface area (Å²) in [6, 6.07) is 0. The minimum Gasteiger partial charge on any atom is -0.481 e. The first-order chi connectivity index (χ1) is 6.68. The predicted molar refractivity (Wildman–Crippen MR) is 49.9 cm³/mol.